The molecule has 0 saturated carbocycles. The van der Waals surface area contributed by atoms with Crippen LogP contribution >= 0.6 is 24.4 Å². The van der Waals surface area contributed by atoms with Crippen LogP contribution in [0.1, 0.15) is 0 Å². The minimum Gasteiger partial charge on any atom is -0.347 e. The molecule has 0 aromatic rings. The van der Waals surface area contributed by atoms with Crippen molar-refractivity contribution in [3.05, 3.63) is 11.6 Å². The molecule has 3 nitrogen and oxygen atoms in total. The largest absolute Gasteiger partial charge is 0.347 e. The molecule has 0 aromatic heterocycles. The van der Waals surface area contributed by atoms with Gasteiger partial charge in [0.25, 0.3) is 0 Å². The van der Waals surface area contributed by atoms with E-state index in [9.17, 15) is 0 Å². The second-order valence-corrected chi connectivity index (χ2v) is 2.02. The molecule has 1 aliphatic rings. The van der Waals surface area contributed by atoms with Crippen LogP contribution in [-0.4, -0.2) is 16.7 Å². The van der Waals surface area contributed by atoms with E-state index >= 15 is 0 Å². The van der Waals surface area contributed by atoms with Crippen LogP contribution in [-0.2, 0) is 0 Å². The number of hydrogen-bond acceptors (Lipinski definition) is 5. The van der Waals surface area contributed by atoms with E-state index in [1.54, 1.807) is 0 Å². The molecule has 0 aliphatic carbocycles. The maximum atomic E-state index is 4.56. The summed E-state index contributed by atoms with van der Waals surface area (Å²) in [4.78, 5) is 0. The fourth-order valence-corrected chi connectivity index (χ4v) is 0.804. The second kappa shape index (κ2) is 3.34. The lowest BCUT2D eigenvalue weighted by Gasteiger charge is -2.19. The summed E-state index contributed by atoms with van der Waals surface area (Å²) < 4.78 is 0. The second-order valence-electron chi connectivity index (χ2n) is 1.61. The van der Waals surface area contributed by atoms with Crippen LogP contribution in [0.4, 0.5) is 0 Å². The summed E-state index contributed by atoms with van der Waals surface area (Å²) in [6.45, 7) is 0.602. The van der Waals surface area contributed by atoms with Crippen LogP contribution in [0, 0.1) is 0 Å². The molecule has 1 saturated heterocycles. The molecule has 52 valence electrons. The Bertz CT molecular complexity index is 211. The van der Waals surface area contributed by atoms with E-state index in [1.807, 2.05) is 0 Å². The van der Waals surface area contributed by atoms with Crippen LogP contribution < -0.4 is 16.0 Å². The zero-order chi connectivity index (χ0) is 7.40. The van der Waals surface area contributed by atoms with Gasteiger partial charge in [-0.05, 0) is 34.5 Å². The molecule has 1 fully saturated rings. The van der Waals surface area contributed by atoms with Gasteiger partial charge in [-0.2, -0.15) is 0 Å². The lowest BCUT2D eigenvalue weighted by molar-refractivity contribution is 0.596. The normalized spacial score (nSPS) is 15.6. The smallest absolute Gasteiger partial charge is 0.163 e. The Balaban J connectivity index is 2.74. The van der Waals surface area contributed by atoms with E-state index in [0.29, 0.717) is 18.3 Å². The van der Waals surface area contributed by atoms with E-state index in [2.05, 4.69) is 50.4 Å². The van der Waals surface area contributed by atoms with Crippen molar-refractivity contribution in [1.29, 1.82) is 0 Å². The first kappa shape index (κ1) is 7.25. The van der Waals surface area contributed by atoms with Crippen molar-refractivity contribution in [1.82, 2.24) is 16.0 Å². The molecule has 1 rings (SSSR count). The van der Waals surface area contributed by atoms with Crippen LogP contribution in [0.5, 0.6) is 0 Å². The van der Waals surface area contributed by atoms with Gasteiger partial charge in [0.1, 0.15) is 0 Å². The van der Waals surface area contributed by atoms with Gasteiger partial charge in [-0.25, -0.2) is 0 Å². The van der Waals surface area contributed by atoms with Gasteiger partial charge in [0.2, 0.25) is 0 Å². The standard InChI is InChI=1S/C5H5N3S2/c9-1-4-6-3-7-5(2-10)8-4/h6-8H,3H2. The van der Waals surface area contributed by atoms with Crippen LogP contribution in [0.3, 0.4) is 0 Å². The van der Waals surface area contributed by atoms with Crippen molar-refractivity contribution in [2.45, 2.75) is 0 Å². The third kappa shape index (κ3) is 1.56. The van der Waals surface area contributed by atoms with E-state index in [0.717, 1.165) is 0 Å². The molecule has 5 heteroatoms. The molecule has 1 aliphatic heterocycles. The van der Waals surface area contributed by atoms with Gasteiger partial charge < -0.3 is 16.0 Å². The monoisotopic (exact) mass is 171 g/mol. The highest BCUT2D eigenvalue weighted by molar-refractivity contribution is 7.78. The Morgan fingerprint density at radius 1 is 1.10 bits per heavy atom. The first-order chi connectivity index (χ1) is 4.86. The minimum absolute atomic E-state index is 0.602. The summed E-state index contributed by atoms with van der Waals surface area (Å²) in [5.74, 6) is 1.31. The maximum Gasteiger partial charge on any atom is 0.163 e. The molecule has 0 amide bonds. The highest BCUT2D eigenvalue weighted by atomic mass is 32.1. The molecule has 0 spiro atoms. The lowest BCUT2D eigenvalue weighted by atomic mass is 10.6. The summed E-state index contributed by atoms with van der Waals surface area (Å²) in [5, 5.41) is 13.6. The van der Waals surface area contributed by atoms with Gasteiger partial charge >= 0.3 is 0 Å². The molecule has 1 heterocycles. The van der Waals surface area contributed by atoms with Gasteiger partial charge in [0.15, 0.2) is 11.6 Å². The Morgan fingerprint density at radius 3 is 2.00 bits per heavy atom. The average molecular weight is 171 g/mol. The number of rotatable bonds is 0. The third-order valence-corrected chi connectivity index (χ3v) is 1.39. The maximum absolute atomic E-state index is 4.56. The lowest BCUT2D eigenvalue weighted by Crippen LogP contribution is -2.44. The van der Waals surface area contributed by atoms with E-state index in [4.69, 9.17) is 0 Å². The first-order valence-corrected chi connectivity index (χ1v) is 3.43. The zero-order valence-electron chi connectivity index (χ0n) is 5.02. The Labute approximate surface area is 69.2 Å². The van der Waals surface area contributed by atoms with E-state index in [-0.39, 0.29) is 0 Å². The number of hydrogen-bond donors (Lipinski definition) is 3. The summed E-state index contributed by atoms with van der Waals surface area (Å²) in [5.41, 5.74) is 0. The zero-order valence-corrected chi connectivity index (χ0v) is 6.66. The number of thiocarbonyl (C=S) groups is 2. The molecule has 3 N–H and O–H groups in total. The fourth-order valence-electron chi connectivity index (χ4n) is 0.558. The topological polar surface area (TPSA) is 36.1 Å². The van der Waals surface area contributed by atoms with Gasteiger partial charge in [-0.3, -0.25) is 0 Å². The molecular weight excluding hydrogens is 166 g/mol. The molecule has 0 radical (unpaired) electrons. The Hall–Kier alpha value is -0.860. The van der Waals surface area contributed by atoms with Crippen molar-refractivity contribution in [2.24, 2.45) is 0 Å². The van der Waals surface area contributed by atoms with Crippen LogP contribution in [0.2, 0.25) is 0 Å². The van der Waals surface area contributed by atoms with Crippen molar-refractivity contribution < 1.29 is 0 Å². The van der Waals surface area contributed by atoms with Crippen LogP contribution in [0.25, 0.3) is 0 Å². The molecule has 0 bridgehead atoms. The summed E-state index contributed by atoms with van der Waals surface area (Å²) >= 11 is 9.12. The summed E-state index contributed by atoms with van der Waals surface area (Å²) in [6, 6.07) is 0. The molecule has 0 atom stereocenters. The molecule has 0 aromatic carbocycles. The SMILES string of the molecule is S=C=C1NCNC(=C=S)N1. The number of nitrogens with one attached hydrogen (secondary N) is 3. The van der Waals surface area contributed by atoms with Gasteiger partial charge in [-0.15, -0.1) is 0 Å². The predicted octanol–water partition coefficient (Wildman–Crippen LogP) is -0.394. The first-order valence-electron chi connectivity index (χ1n) is 2.62. The quantitative estimate of drug-likeness (QED) is 0.433. The van der Waals surface area contributed by atoms with E-state index in [1.165, 1.54) is 0 Å². The predicted molar refractivity (Wildman–Crippen MR) is 46.5 cm³/mol. The summed E-state index contributed by atoms with van der Waals surface area (Å²) in [6.07, 6.45) is 0. The van der Waals surface area contributed by atoms with Crippen molar-refractivity contribution in [2.75, 3.05) is 6.67 Å². The molecule has 10 heavy (non-hydrogen) atoms. The highest BCUT2D eigenvalue weighted by Crippen LogP contribution is 1.86. The Morgan fingerprint density at radius 2 is 1.60 bits per heavy atom. The molecule has 0 unspecified atom stereocenters. The Kier molecular flexibility index (Phi) is 2.42. The molecular formula is C5H5N3S2. The van der Waals surface area contributed by atoms with E-state index < -0.39 is 0 Å². The van der Waals surface area contributed by atoms with Gasteiger partial charge in [-0.1, -0.05) is 0 Å². The fraction of sp³-hybridized carbons (Fsp3) is 0.200. The third-order valence-electron chi connectivity index (χ3n) is 0.984. The highest BCUT2D eigenvalue weighted by Gasteiger charge is 2.04. The average Bonchev–Trinajstić information content (AvgIpc) is 2.05. The minimum atomic E-state index is 0.602. The van der Waals surface area contributed by atoms with Crippen molar-refractivity contribution >= 4 is 34.5 Å². The van der Waals surface area contributed by atoms with Gasteiger partial charge in [0.05, 0.1) is 6.67 Å². The summed E-state index contributed by atoms with van der Waals surface area (Å²) in [7, 11) is 0. The van der Waals surface area contributed by atoms with Crippen molar-refractivity contribution in [3.63, 3.8) is 0 Å². The van der Waals surface area contributed by atoms with Gasteiger partial charge in [0, 0.05) is 0 Å². The van der Waals surface area contributed by atoms with Crippen LogP contribution in [0.15, 0.2) is 11.6 Å². The van der Waals surface area contributed by atoms with Crippen molar-refractivity contribution in [3.8, 4) is 0 Å².